The Morgan fingerprint density at radius 1 is 0.960 bits per heavy atom. The average molecular weight is 338 g/mol. The SMILES string of the molecule is OCc1cccc(F)c1-c1cccc2c1ccn2CCN1CCCC1. The standard InChI is InChI=1S/C21H23FN2O/c22-19-7-3-5-16(15-25)21(19)18-6-4-8-20-17(18)9-12-24(20)14-13-23-10-1-2-11-23/h3-9,12,25H,1-2,10-11,13-15H2. The van der Waals surface area contributed by atoms with Gasteiger partial charge in [0, 0.05) is 35.8 Å². The molecule has 3 aromatic rings. The van der Waals surface area contributed by atoms with Crippen molar-refractivity contribution in [3.63, 3.8) is 0 Å². The minimum Gasteiger partial charge on any atom is -0.392 e. The first kappa shape index (κ1) is 16.3. The Morgan fingerprint density at radius 2 is 1.76 bits per heavy atom. The second-order valence-electron chi connectivity index (χ2n) is 6.73. The molecule has 1 saturated heterocycles. The fourth-order valence-corrected chi connectivity index (χ4v) is 3.89. The summed E-state index contributed by atoms with van der Waals surface area (Å²) in [7, 11) is 0. The van der Waals surface area contributed by atoms with Crippen molar-refractivity contribution < 1.29 is 9.50 Å². The Morgan fingerprint density at radius 3 is 2.56 bits per heavy atom. The molecule has 25 heavy (non-hydrogen) atoms. The molecule has 2 heterocycles. The number of likely N-dealkylation sites (tertiary alicyclic amines) is 1. The molecule has 0 bridgehead atoms. The van der Waals surface area contributed by atoms with Gasteiger partial charge in [-0.1, -0.05) is 24.3 Å². The molecular weight excluding hydrogens is 315 g/mol. The normalized spacial score (nSPS) is 15.3. The van der Waals surface area contributed by atoms with Crippen molar-refractivity contribution in [3.05, 3.63) is 60.0 Å². The van der Waals surface area contributed by atoms with Crippen LogP contribution in [0.2, 0.25) is 0 Å². The number of aliphatic hydroxyl groups is 1. The Hall–Kier alpha value is -2.17. The largest absolute Gasteiger partial charge is 0.392 e. The third-order valence-corrected chi connectivity index (χ3v) is 5.21. The number of aromatic nitrogens is 1. The molecule has 0 amide bonds. The van der Waals surface area contributed by atoms with Crippen LogP contribution in [-0.4, -0.2) is 34.2 Å². The lowest BCUT2D eigenvalue weighted by molar-refractivity contribution is 0.282. The molecule has 3 nitrogen and oxygen atoms in total. The van der Waals surface area contributed by atoms with Gasteiger partial charge in [0.2, 0.25) is 0 Å². The third kappa shape index (κ3) is 3.08. The van der Waals surface area contributed by atoms with Crippen molar-refractivity contribution in [2.75, 3.05) is 19.6 Å². The molecule has 1 aliphatic rings. The van der Waals surface area contributed by atoms with Crippen LogP contribution in [0.15, 0.2) is 48.7 Å². The molecule has 2 aromatic carbocycles. The first-order chi connectivity index (χ1) is 12.3. The van der Waals surface area contributed by atoms with Crippen LogP contribution in [0, 0.1) is 5.82 Å². The van der Waals surface area contributed by atoms with Gasteiger partial charge in [-0.3, -0.25) is 0 Å². The molecule has 1 aliphatic heterocycles. The summed E-state index contributed by atoms with van der Waals surface area (Å²) in [4.78, 5) is 2.50. The molecular formula is C21H23FN2O. The minimum absolute atomic E-state index is 0.168. The number of hydrogen-bond donors (Lipinski definition) is 1. The maximum Gasteiger partial charge on any atom is 0.131 e. The molecule has 4 rings (SSSR count). The molecule has 0 atom stereocenters. The summed E-state index contributed by atoms with van der Waals surface area (Å²) in [6, 6.07) is 12.9. The lowest BCUT2D eigenvalue weighted by atomic mass is 9.96. The predicted octanol–water partition coefficient (Wildman–Crippen LogP) is 4.04. The number of aliphatic hydroxyl groups excluding tert-OH is 1. The summed E-state index contributed by atoms with van der Waals surface area (Å²) in [6.07, 6.45) is 4.69. The Kier molecular flexibility index (Phi) is 4.55. The van der Waals surface area contributed by atoms with Crippen molar-refractivity contribution in [1.82, 2.24) is 9.47 Å². The quantitative estimate of drug-likeness (QED) is 0.761. The average Bonchev–Trinajstić information content (AvgIpc) is 3.29. The van der Waals surface area contributed by atoms with Gasteiger partial charge in [-0.2, -0.15) is 0 Å². The summed E-state index contributed by atoms with van der Waals surface area (Å²) < 4.78 is 16.7. The van der Waals surface area contributed by atoms with Crippen LogP contribution in [0.4, 0.5) is 4.39 Å². The zero-order valence-corrected chi connectivity index (χ0v) is 14.3. The van der Waals surface area contributed by atoms with E-state index < -0.39 is 0 Å². The van der Waals surface area contributed by atoms with E-state index in [-0.39, 0.29) is 12.4 Å². The van der Waals surface area contributed by atoms with E-state index in [0.717, 1.165) is 29.6 Å². The molecule has 0 aliphatic carbocycles. The molecule has 4 heteroatoms. The number of nitrogens with zero attached hydrogens (tertiary/aromatic N) is 2. The number of fused-ring (bicyclic) bond motifs is 1. The Bertz CT molecular complexity index is 881. The fraction of sp³-hybridized carbons (Fsp3) is 0.333. The number of halogens is 1. The highest BCUT2D eigenvalue weighted by atomic mass is 19.1. The van der Waals surface area contributed by atoms with Crippen LogP contribution in [0.3, 0.4) is 0 Å². The zero-order valence-electron chi connectivity index (χ0n) is 14.3. The second-order valence-corrected chi connectivity index (χ2v) is 6.73. The topological polar surface area (TPSA) is 28.4 Å². The molecule has 0 unspecified atom stereocenters. The Balaban J connectivity index is 1.72. The monoisotopic (exact) mass is 338 g/mol. The van der Waals surface area contributed by atoms with E-state index in [1.165, 1.54) is 32.0 Å². The third-order valence-electron chi connectivity index (χ3n) is 5.21. The van der Waals surface area contributed by atoms with Gasteiger partial charge < -0.3 is 14.6 Å². The van der Waals surface area contributed by atoms with Crippen LogP contribution in [0.25, 0.3) is 22.0 Å². The first-order valence-corrected chi connectivity index (χ1v) is 8.97. The zero-order chi connectivity index (χ0) is 17.2. The lowest BCUT2D eigenvalue weighted by Crippen LogP contribution is -2.23. The summed E-state index contributed by atoms with van der Waals surface area (Å²) in [5.74, 6) is -0.288. The number of rotatable bonds is 5. The van der Waals surface area contributed by atoms with Gasteiger partial charge in [-0.25, -0.2) is 4.39 Å². The van der Waals surface area contributed by atoms with Gasteiger partial charge in [0.25, 0.3) is 0 Å². The smallest absolute Gasteiger partial charge is 0.131 e. The molecule has 1 aromatic heterocycles. The second kappa shape index (κ2) is 6.98. The van der Waals surface area contributed by atoms with Crippen molar-refractivity contribution in [3.8, 4) is 11.1 Å². The van der Waals surface area contributed by atoms with Gasteiger partial charge in [-0.05, 0) is 55.3 Å². The van der Waals surface area contributed by atoms with Crippen molar-refractivity contribution >= 4 is 10.9 Å². The van der Waals surface area contributed by atoms with Crippen LogP contribution in [-0.2, 0) is 13.2 Å². The predicted molar refractivity (Wildman–Crippen MR) is 98.9 cm³/mol. The van der Waals surface area contributed by atoms with E-state index in [4.69, 9.17) is 0 Å². The highest BCUT2D eigenvalue weighted by Gasteiger charge is 2.15. The maximum atomic E-state index is 14.5. The fourth-order valence-electron chi connectivity index (χ4n) is 3.89. The van der Waals surface area contributed by atoms with Gasteiger partial charge in [0.05, 0.1) is 6.61 Å². The highest BCUT2D eigenvalue weighted by Crippen LogP contribution is 2.33. The molecule has 1 N–H and O–H groups in total. The summed E-state index contributed by atoms with van der Waals surface area (Å²) >= 11 is 0. The number of hydrogen-bond acceptors (Lipinski definition) is 2. The van der Waals surface area contributed by atoms with Crippen LogP contribution >= 0.6 is 0 Å². The van der Waals surface area contributed by atoms with Gasteiger partial charge in [-0.15, -0.1) is 0 Å². The van der Waals surface area contributed by atoms with Crippen molar-refractivity contribution in [2.45, 2.75) is 26.0 Å². The van der Waals surface area contributed by atoms with Crippen LogP contribution in [0.5, 0.6) is 0 Å². The lowest BCUT2D eigenvalue weighted by Gasteiger charge is -2.16. The first-order valence-electron chi connectivity index (χ1n) is 8.97. The Labute approximate surface area is 147 Å². The minimum atomic E-state index is -0.288. The molecule has 0 radical (unpaired) electrons. The van der Waals surface area contributed by atoms with Gasteiger partial charge in [0.1, 0.15) is 5.82 Å². The highest BCUT2D eigenvalue weighted by molar-refractivity contribution is 5.96. The summed E-state index contributed by atoms with van der Waals surface area (Å²) in [5, 5.41) is 10.6. The number of benzene rings is 2. The molecule has 0 saturated carbocycles. The van der Waals surface area contributed by atoms with E-state index in [9.17, 15) is 9.50 Å². The van der Waals surface area contributed by atoms with E-state index in [0.29, 0.717) is 11.1 Å². The van der Waals surface area contributed by atoms with Crippen molar-refractivity contribution in [2.24, 2.45) is 0 Å². The van der Waals surface area contributed by atoms with Crippen LogP contribution in [0.1, 0.15) is 18.4 Å². The maximum absolute atomic E-state index is 14.5. The van der Waals surface area contributed by atoms with E-state index in [2.05, 4.69) is 27.8 Å². The van der Waals surface area contributed by atoms with E-state index >= 15 is 0 Å². The van der Waals surface area contributed by atoms with E-state index in [1.54, 1.807) is 12.1 Å². The summed E-state index contributed by atoms with van der Waals surface area (Å²) in [5.41, 5.74) is 3.09. The van der Waals surface area contributed by atoms with Crippen molar-refractivity contribution in [1.29, 1.82) is 0 Å². The molecule has 130 valence electrons. The summed E-state index contributed by atoms with van der Waals surface area (Å²) in [6.45, 7) is 4.21. The van der Waals surface area contributed by atoms with Gasteiger partial charge in [0.15, 0.2) is 0 Å². The molecule has 1 fully saturated rings. The van der Waals surface area contributed by atoms with Gasteiger partial charge >= 0.3 is 0 Å². The van der Waals surface area contributed by atoms with E-state index in [1.807, 2.05) is 12.1 Å². The van der Waals surface area contributed by atoms with Crippen LogP contribution < -0.4 is 0 Å². The molecule has 0 spiro atoms.